The van der Waals surface area contributed by atoms with Crippen molar-refractivity contribution < 1.29 is 0 Å². The average molecular weight is 267 g/mol. The largest absolute Gasteiger partial charge is 0.328 e. The summed E-state index contributed by atoms with van der Waals surface area (Å²) in [7, 11) is 0. The van der Waals surface area contributed by atoms with Gasteiger partial charge in [0.2, 0.25) is 0 Å². The van der Waals surface area contributed by atoms with Crippen molar-refractivity contribution in [2.75, 3.05) is 13.1 Å². The molecular formula is C15H23ClN2. The quantitative estimate of drug-likeness (QED) is 0.906. The van der Waals surface area contributed by atoms with Crippen LogP contribution < -0.4 is 5.73 Å². The van der Waals surface area contributed by atoms with Crippen LogP contribution in [0.1, 0.15) is 31.7 Å². The Morgan fingerprint density at radius 3 is 2.44 bits per heavy atom. The Hall–Kier alpha value is -0.570. The van der Waals surface area contributed by atoms with Gasteiger partial charge in [0.05, 0.1) is 0 Å². The van der Waals surface area contributed by atoms with E-state index in [2.05, 4.69) is 24.0 Å². The Balaban J connectivity index is 1.78. The molecular weight excluding hydrogens is 244 g/mol. The van der Waals surface area contributed by atoms with Crippen molar-refractivity contribution in [1.82, 2.24) is 4.90 Å². The fourth-order valence-electron chi connectivity index (χ4n) is 2.75. The maximum Gasteiger partial charge on any atom is 0.0406 e. The Morgan fingerprint density at radius 2 is 1.89 bits per heavy atom. The van der Waals surface area contributed by atoms with E-state index in [1.54, 1.807) is 0 Å². The van der Waals surface area contributed by atoms with Crippen molar-refractivity contribution in [3.8, 4) is 0 Å². The van der Waals surface area contributed by atoms with Crippen molar-refractivity contribution >= 4 is 11.6 Å². The molecule has 0 amide bonds. The minimum absolute atomic E-state index is 0.345. The maximum atomic E-state index is 5.90. The Bertz CT molecular complexity index is 353. The van der Waals surface area contributed by atoms with Crippen LogP contribution in [-0.4, -0.2) is 24.0 Å². The molecule has 1 aliphatic rings. The molecule has 18 heavy (non-hydrogen) atoms. The fraction of sp³-hybridized carbons (Fsp3) is 0.600. The third-order valence-corrected chi connectivity index (χ3v) is 3.98. The first-order valence-electron chi connectivity index (χ1n) is 6.86. The van der Waals surface area contributed by atoms with E-state index in [4.69, 9.17) is 17.3 Å². The number of benzene rings is 1. The van der Waals surface area contributed by atoms with Gasteiger partial charge in [-0.2, -0.15) is 0 Å². The van der Waals surface area contributed by atoms with Crippen LogP contribution >= 0.6 is 11.6 Å². The summed E-state index contributed by atoms with van der Waals surface area (Å²) in [6.45, 7) is 5.54. The standard InChI is InChI=1S/C15H23ClN2/c1-12(17)10-13-6-8-18(9-7-13)11-14-2-4-15(16)5-3-14/h2-5,12-13H,6-11,17H2,1H3. The van der Waals surface area contributed by atoms with E-state index in [9.17, 15) is 0 Å². The van der Waals surface area contributed by atoms with Crippen molar-refractivity contribution in [1.29, 1.82) is 0 Å². The van der Waals surface area contributed by atoms with Gasteiger partial charge in [0.1, 0.15) is 0 Å². The first-order valence-corrected chi connectivity index (χ1v) is 7.23. The molecule has 0 aliphatic carbocycles. The van der Waals surface area contributed by atoms with Crippen molar-refractivity contribution in [3.05, 3.63) is 34.9 Å². The fourth-order valence-corrected chi connectivity index (χ4v) is 2.88. The predicted molar refractivity (Wildman–Crippen MR) is 77.7 cm³/mol. The van der Waals surface area contributed by atoms with Gasteiger partial charge in [-0.3, -0.25) is 4.90 Å². The summed E-state index contributed by atoms with van der Waals surface area (Å²) in [5, 5.41) is 0.814. The molecule has 1 aromatic rings. The van der Waals surface area contributed by atoms with Crippen LogP contribution in [0.25, 0.3) is 0 Å². The summed E-state index contributed by atoms with van der Waals surface area (Å²) in [6.07, 6.45) is 3.75. The van der Waals surface area contributed by atoms with E-state index in [0.29, 0.717) is 6.04 Å². The molecule has 0 spiro atoms. The van der Waals surface area contributed by atoms with E-state index in [1.807, 2.05) is 12.1 Å². The number of nitrogens with two attached hydrogens (primary N) is 1. The number of hydrogen-bond donors (Lipinski definition) is 1. The van der Waals surface area contributed by atoms with Gasteiger partial charge in [-0.15, -0.1) is 0 Å². The molecule has 2 rings (SSSR count). The minimum Gasteiger partial charge on any atom is -0.328 e. The second-order valence-corrected chi connectivity index (χ2v) is 6.00. The third-order valence-electron chi connectivity index (χ3n) is 3.73. The molecule has 1 aromatic carbocycles. The van der Waals surface area contributed by atoms with Gasteiger partial charge >= 0.3 is 0 Å². The van der Waals surface area contributed by atoms with Crippen LogP contribution in [-0.2, 0) is 6.54 Å². The summed E-state index contributed by atoms with van der Waals surface area (Å²) in [6, 6.07) is 8.53. The van der Waals surface area contributed by atoms with E-state index in [-0.39, 0.29) is 0 Å². The van der Waals surface area contributed by atoms with Gasteiger partial charge in [-0.25, -0.2) is 0 Å². The maximum absolute atomic E-state index is 5.90. The molecule has 1 saturated heterocycles. The number of nitrogens with zero attached hydrogens (tertiary/aromatic N) is 1. The zero-order chi connectivity index (χ0) is 13.0. The Labute approximate surface area is 115 Å². The molecule has 1 atom stereocenters. The van der Waals surface area contributed by atoms with Gasteiger partial charge < -0.3 is 5.73 Å². The number of rotatable bonds is 4. The van der Waals surface area contributed by atoms with Crippen LogP contribution in [0.15, 0.2) is 24.3 Å². The summed E-state index contributed by atoms with van der Waals surface area (Å²) in [5.41, 5.74) is 7.22. The van der Waals surface area contributed by atoms with E-state index >= 15 is 0 Å². The molecule has 0 saturated carbocycles. The van der Waals surface area contributed by atoms with Gasteiger partial charge in [-0.05, 0) is 62.9 Å². The molecule has 1 unspecified atom stereocenters. The third kappa shape index (κ3) is 4.27. The van der Waals surface area contributed by atoms with Crippen LogP contribution in [0, 0.1) is 5.92 Å². The molecule has 1 fully saturated rings. The predicted octanol–water partition coefficient (Wildman–Crippen LogP) is 3.29. The smallest absolute Gasteiger partial charge is 0.0406 e. The topological polar surface area (TPSA) is 29.3 Å². The number of likely N-dealkylation sites (tertiary alicyclic amines) is 1. The van der Waals surface area contributed by atoms with E-state index in [0.717, 1.165) is 17.5 Å². The van der Waals surface area contributed by atoms with Gasteiger partial charge in [-0.1, -0.05) is 23.7 Å². The number of hydrogen-bond acceptors (Lipinski definition) is 2. The molecule has 2 nitrogen and oxygen atoms in total. The van der Waals surface area contributed by atoms with E-state index < -0.39 is 0 Å². The zero-order valence-corrected chi connectivity index (χ0v) is 11.9. The summed E-state index contributed by atoms with van der Waals surface area (Å²) in [5.74, 6) is 0.825. The van der Waals surface area contributed by atoms with Gasteiger partial charge in [0.25, 0.3) is 0 Å². The SMILES string of the molecule is CC(N)CC1CCN(Cc2ccc(Cl)cc2)CC1. The van der Waals surface area contributed by atoms with E-state index in [1.165, 1.54) is 37.9 Å². The molecule has 1 aliphatic heterocycles. The first-order chi connectivity index (χ1) is 8.63. The van der Waals surface area contributed by atoms with Crippen LogP contribution in [0.3, 0.4) is 0 Å². The Morgan fingerprint density at radius 1 is 1.28 bits per heavy atom. The van der Waals surface area contributed by atoms with Crippen LogP contribution in [0.5, 0.6) is 0 Å². The monoisotopic (exact) mass is 266 g/mol. The summed E-state index contributed by atoms with van der Waals surface area (Å²) >= 11 is 5.90. The average Bonchev–Trinajstić information content (AvgIpc) is 2.34. The summed E-state index contributed by atoms with van der Waals surface area (Å²) < 4.78 is 0. The van der Waals surface area contributed by atoms with Crippen LogP contribution in [0.4, 0.5) is 0 Å². The normalized spacial score (nSPS) is 19.9. The van der Waals surface area contributed by atoms with Crippen molar-refractivity contribution in [3.63, 3.8) is 0 Å². The lowest BCUT2D eigenvalue weighted by molar-refractivity contribution is 0.169. The molecule has 0 aromatic heterocycles. The molecule has 1 heterocycles. The first kappa shape index (κ1) is 13.9. The van der Waals surface area contributed by atoms with Crippen LogP contribution in [0.2, 0.25) is 5.02 Å². The lowest BCUT2D eigenvalue weighted by Crippen LogP contribution is -2.35. The molecule has 0 bridgehead atoms. The number of halogens is 1. The lowest BCUT2D eigenvalue weighted by Gasteiger charge is -2.32. The highest BCUT2D eigenvalue weighted by Crippen LogP contribution is 2.22. The highest BCUT2D eigenvalue weighted by molar-refractivity contribution is 6.30. The van der Waals surface area contributed by atoms with Gasteiger partial charge in [0, 0.05) is 17.6 Å². The summed E-state index contributed by atoms with van der Waals surface area (Å²) in [4.78, 5) is 2.53. The van der Waals surface area contributed by atoms with Crippen molar-refractivity contribution in [2.24, 2.45) is 11.7 Å². The second kappa shape index (κ2) is 6.55. The second-order valence-electron chi connectivity index (χ2n) is 5.56. The lowest BCUT2D eigenvalue weighted by atomic mass is 9.91. The minimum atomic E-state index is 0.345. The molecule has 3 heteroatoms. The molecule has 2 N–H and O–H groups in total. The number of piperidine rings is 1. The highest BCUT2D eigenvalue weighted by atomic mass is 35.5. The highest BCUT2D eigenvalue weighted by Gasteiger charge is 2.19. The molecule has 0 radical (unpaired) electrons. The zero-order valence-electron chi connectivity index (χ0n) is 11.1. The Kier molecular flexibility index (Phi) is 5.04. The van der Waals surface area contributed by atoms with Crippen molar-refractivity contribution in [2.45, 2.75) is 38.8 Å². The van der Waals surface area contributed by atoms with Gasteiger partial charge in [0.15, 0.2) is 0 Å². The molecule has 100 valence electrons.